The van der Waals surface area contributed by atoms with Crippen LogP contribution in [0.5, 0.6) is 0 Å². The molecule has 2 amide bonds. The number of carbonyl (C=O) groups excluding carboxylic acids is 3. The van der Waals surface area contributed by atoms with Gasteiger partial charge in [0.05, 0.1) is 16.9 Å². The SMILES string of the molecule is C/C=C(\NC(=O)c1cccc(CN)n1)C(=O)N[C@H](C(=O)O[C@H](/C=C/CCSC(c1ccccc1)(c1ccccc1)c1ccccc1)CC(=O)O)C(C)C. The molecule has 1 heterocycles. The van der Waals surface area contributed by atoms with Crippen molar-refractivity contribution >= 4 is 35.5 Å². The number of ether oxygens (including phenoxy) is 1. The number of amides is 2. The molecule has 276 valence electrons. The highest BCUT2D eigenvalue weighted by atomic mass is 32.2. The number of carboxylic acids is 1. The van der Waals surface area contributed by atoms with Gasteiger partial charge in [0, 0.05) is 6.54 Å². The van der Waals surface area contributed by atoms with Crippen LogP contribution in [-0.2, 0) is 30.4 Å². The number of pyridine rings is 1. The van der Waals surface area contributed by atoms with Crippen LogP contribution in [0.2, 0.25) is 0 Å². The van der Waals surface area contributed by atoms with Crippen LogP contribution in [0.4, 0.5) is 0 Å². The van der Waals surface area contributed by atoms with Crippen LogP contribution in [0.3, 0.4) is 0 Å². The maximum Gasteiger partial charge on any atom is 0.329 e. The number of aromatic nitrogens is 1. The van der Waals surface area contributed by atoms with Crippen LogP contribution in [0.15, 0.2) is 133 Å². The van der Waals surface area contributed by atoms with Crippen molar-refractivity contribution in [3.63, 3.8) is 0 Å². The van der Waals surface area contributed by atoms with Gasteiger partial charge >= 0.3 is 11.9 Å². The molecular weight excluding hydrogens is 689 g/mol. The second kappa shape index (κ2) is 19.9. The van der Waals surface area contributed by atoms with Crippen molar-refractivity contribution in [2.24, 2.45) is 11.7 Å². The van der Waals surface area contributed by atoms with Crippen LogP contribution in [0.1, 0.15) is 66.5 Å². The second-order valence-electron chi connectivity index (χ2n) is 12.5. The van der Waals surface area contributed by atoms with E-state index in [-0.39, 0.29) is 17.9 Å². The summed E-state index contributed by atoms with van der Waals surface area (Å²) in [4.78, 5) is 55.4. The lowest BCUT2D eigenvalue weighted by Crippen LogP contribution is -2.48. The Morgan fingerprint density at radius 1 is 0.868 bits per heavy atom. The average Bonchev–Trinajstić information content (AvgIpc) is 3.17. The molecule has 11 heteroatoms. The Morgan fingerprint density at radius 3 is 1.92 bits per heavy atom. The molecule has 0 saturated carbocycles. The molecule has 0 unspecified atom stereocenters. The van der Waals surface area contributed by atoms with Gasteiger partial charge in [-0.2, -0.15) is 0 Å². The van der Waals surface area contributed by atoms with Crippen LogP contribution in [-0.4, -0.2) is 51.7 Å². The van der Waals surface area contributed by atoms with E-state index in [4.69, 9.17) is 10.5 Å². The van der Waals surface area contributed by atoms with Crippen LogP contribution in [0, 0.1) is 5.92 Å². The zero-order valence-corrected chi connectivity index (χ0v) is 30.9. The van der Waals surface area contributed by atoms with E-state index in [9.17, 15) is 24.3 Å². The molecule has 1 aromatic heterocycles. The molecule has 2 atom stereocenters. The number of allylic oxidation sites excluding steroid dienone is 2. The van der Waals surface area contributed by atoms with Crippen LogP contribution in [0.25, 0.3) is 0 Å². The summed E-state index contributed by atoms with van der Waals surface area (Å²) >= 11 is 1.77. The molecule has 4 aromatic rings. The highest BCUT2D eigenvalue weighted by molar-refractivity contribution is 8.00. The molecule has 0 radical (unpaired) electrons. The van der Waals surface area contributed by atoms with Gasteiger partial charge in [-0.25, -0.2) is 9.78 Å². The number of hydrogen-bond acceptors (Lipinski definition) is 8. The first-order chi connectivity index (χ1) is 25.6. The van der Waals surface area contributed by atoms with Gasteiger partial charge < -0.3 is 26.2 Å². The molecule has 0 bridgehead atoms. The molecule has 3 aromatic carbocycles. The summed E-state index contributed by atoms with van der Waals surface area (Å²) in [5.74, 6) is -3.03. The molecule has 0 fully saturated rings. The van der Waals surface area contributed by atoms with Gasteiger partial charge in [-0.3, -0.25) is 14.4 Å². The monoisotopic (exact) mass is 734 g/mol. The Hall–Kier alpha value is -5.52. The van der Waals surface area contributed by atoms with Gasteiger partial charge in [-0.15, -0.1) is 11.8 Å². The molecule has 10 nitrogen and oxygen atoms in total. The quantitative estimate of drug-likeness (QED) is 0.0299. The van der Waals surface area contributed by atoms with Crippen molar-refractivity contribution in [3.05, 3.63) is 161 Å². The number of benzene rings is 3. The van der Waals surface area contributed by atoms with Gasteiger partial charge in [0.15, 0.2) is 0 Å². The smallest absolute Gasteiger partial charge is 0.329 e. The van der Waals surface area contributed by atoms with Crippen molar-refractivity contribution in [3.8, 4) is 0 Å². The number of nitrogens with two attached hydrogens (primary N) is 1. The largest absolute Gasteiger partial charge is 0.481 e. The first-order valence-electron chi connectivity index (χ1n) is 17.4. The summed E-state index contributed by atoms with van der Waals surface area (Å²) in [6.45, 7) is 5.15. The summed E-state index contributed by atoms with van der Waals surface area (Å²) in [5.41, 5.74) is 9.51. The molecule has 0 aliphatic heterocycles. The lowest BCUT2D eigenvalue weighted by Gasteiger charge is -2.35. The van der Waals surface area contributed by atoms with Crippen molar-refractivity contribution in [2.45, 2.75) is 57.1 Å². The number of rotatable bonds is 18. The molecule has 0 spiro atoms. The predicted octanol–water partition coefficient (Wildman–Crippen LogP) is 6.37. The van der Waals surface area contributed by atoms with Crippen molar-refractivity contribution in [1.29, 1.82) is 0 Å². The predicted molar refractivity (Wildman–Crippen MR) is 208 cm³/mol. The highest BCUT2D eigenvalue weighted by Gasteiger charge is 2.36. The standard InChI is InChI=1S/C42H46N4O6S/c1-4-35(45-40(50)36-25-16-23-33(28-43)44-36)39(49)46-38(29(2)3)41(51)52-34(27-37(47)48)24-14-15-26-53-42(30-17-8-5-9-18-30,31-19-10-6-11-20-31)32-21-12-7-13-22-32/h4-14,16-25,29,34,38H,15,26-28,43H2,1-3H3,(H,45,50)(H,46,49)(H,47,48)/b24-14+,35-4-/t34-,38+/m1/s1. The molecular formula is C42H46N4O6S. The fourth-order valence-electron chi connectivity index (χ4n) is 5.72. The maximum absolute atomic E-state index is 13.4. The lowest BCUT2D eigenvalue weighted by atomic mass is 9.84. The Morgan fingerprint density at radius 2 is 1.43 bits per heavy atom. The first kappa shape index (κ1) is 40.3. The van der Waals surface area contributed by atoms with E-state index >= 15 is 0 Å². The number of esters is 1. The first-order valence-corrected chi connectivity index (χ1v) is 18.4. The fraction of sp³-hybridized carbons (Fsp3) is 0.262. The molecule has 0 aliphatic rings. The maximum atomic E-state index is 13.4. The Bertz CT molecular complexity index is 1790. The summed E-state index contributed by atoms with van der Waals surface area (Å²) in [7, 11) is 0. The van der Waals surface area contributed by atoms with Crippen LogP contribution < -0.4 is 16.4 Å². The van der Waals surface area contributed by atoms with E-state index in [1.807, 2.05) is 60.7 Å². The van der Waals surface area contributed by atoms with E-state index < -0.39 is 53.0 Å². The topological polar surface area (TPSA) is 161 Å². The van der Waals surface area contributed by atoms with Gasteiger partial charge in [-0.05, 0) is 59.9 Å². The van der Waals surface area contributed by atoms with E-state index in [1.54, 1.807) is 50.7 Å². The Balaban J connectivity index is 1.45. The minimum Gasteiger partial charge on any atom is -0.481 e. The third-order valence-corrected chi connectivity index (χ3v) is 9.96. The normalized spacial score (nSPS) is 13.0. The summed E-state index contributed by atoms with van der Waals surface area (Å²) in [6, 6.07) is 34.6. The fourth-order valence-corrected chi connectivity index (χ4v) is 7.19. The minimum atomic E-state index is -1.14. The van der Waals surface area contributed by atoms with E-state index in [0.717, 1.165) is 16.7 Å². The molecule has 5 N–H and O–H groups in total. The summed E-state index contributed by atoms with van der Waals surface area (Å²) in [6.07, 6.45) is 3.84. The van der Waals surface area contributed by atoms with Crippen molar-refractivity contribution in [2.75, 3.05) is 5.75 Å². The van der Waals surface area contributed by atoms with Gasteiger partial charge in [-0.1, -0.05) is 123 Å². The average molecular weight is 735 g/mol. The molecule has 4 rings (SSSR count). The number of aliphatic carboxylic acids is 1. The second-order valence-corrected chi connectivity index (χ2v) is 13.8. The number of nitrogens with zero attached hydrogens (tertiary/aromatic N) is 1. The van der Waals surface area contributed by atoms with Crippen molar-refractivity contribution in [1.82, 2.24) is 15.6 Å². The number of thioether (sulfide) groups is 1. The van der Waals surface area contributed by atoms with Gasteiger partial charge in [0.25, 0.3) is 11.8 Å². The van der Waals surface area contributed by atoms with E-state index in [1.165, 1.54) is 12.1 Å². The molecule has 53 heavy (non-hydrogen) atoms. The third-order valence-electron chi connectivity index (χ3n) is 8.38. The number of carbonyl (C=O) groups is 4. The zero-order valence-electron chi connectivity index (χ0n) is 30.1. The van der Waals surface area contributed by atoms with Gasteiger partial charge in [0.1, 0.15) is 23.5 Å². The summed E-state index contributed by atoms with van der Waals surface area (Å²) < 4.78 is 5.16. The molecule has 0 aliphatic carbocycles. The third kappa shape index (κ3) is 11.0. The lowest BCUT2D eigenvalue weighted by molar-refractivity contribution is -0.154. The highest BCUT2D eigenvalue weighted by Crippen LogP contribution is 2.48. The summed E-state index contributed by atoms with van der Waals surface area (Å²) in [5, 5.41) is 14.8. The Kier molecular flexibility index (Phi) is 15.1. The Labute approximate surface area is 314 Å². The number of nitrogens with one attached hydrogen (secondary N) is 2. The van der Waals surface area contributed by atoms with E-state index in [0.29, 0.717) is 17.9 Å². The number of hydrogen-bond donors (Lipinski definition) is 4. The zero-order chi connectivity index (χ0) is 38.2. The van der Waals surface area contributed by atoms with Crippen LogP contribution >= 0.6 is 11.8 Å². The van der Waals surface area contributed by atoms with Crippen molar-refractivity contribution < 1.29 is 29.0 Å². The number of carboxylic acid groups (broad SMARTS) is 1. The minimum absolute atomic E-state index is 0.0764. The van der Waals surface area contributed by atoms with E-state index in [2.05, 4.69) is 52.0 Å². The van der Waals surface area contributed by atoms with Gasteiger partial charge in [0.2, 0.25) is 0 Å². The molecule has 0 saturated heterocycles.